The second-order valence-electron chi connectivity index (χ2n) is 10.3. The molecule has 0 unspecified atom stereocenters. The summed E-state index contributed by atoms with van der Waals surface area (Å²) in [5, 5.41) is 4.27. The first kappa shape index (κ1) is 25.0. The van der Waals surface area contributed by atoms with Gasteiger partial charge in [0.15, 0.2) is 0 Å². The van der Waals surface area contributed by atoms with Crippen molar-refractivity contribution in [3.05, 3.63) is 77.7 Å². The molecule has 2 atom stereocenters. The lowest BCUT2D eigenvalue weighted by Crippen LogP contribution is -2.39. The maximum Gasteiger partial charge on any atom is 0.253 e. The number of hydrogen-bond acceptors (Lipinski definition) is 5. The van der Waals surface area contributed by atoms with Gasteiger partial charge < -0.3 is 14.8 Å². The number of carbonyl (C=O) groups excluding carboxylic acids is 1. The van der Waals surface area contributed by atoms with Crippen LogP contribution >= 0.6 is 0 Å². The van der Waals surface area contributed by atoms with Crippen LogP contribution in [0.4, 0.5) is 5.69 Å². The number of carbonyl (C=O) groups is 1. The van der Waals surface area contributed by atoms with Gasteiger partial charge in [0.1, 0.15) is 5.65 Å². The zero-order valence-corrected chi connectivity index (χ0v) is 22.4. The lowest BCUT2D eigenvalue weighted by molar-refractivity contribution is 0.0827. The quantitative estimate of drug-likeness (QED) is 0.400. The number of piperidine rings is 1. The van der Waals surface area contributed by atoms with Gasteiger partial charge in [-0.1, -0.05) is 12.1 Å². The molecule has 4 aromatic rings. The fraction of sp³-hybridized carbons (Fsp3) is 0.367. The van der Waals surface area contributed by atoms with E-state index < -0.39 is 0 Å². The average Bonchev–Trinajstić information content (AvgIpc) is 3.24. The largest absolute Gasteiger partial charge is 0.387 e. The molecule has 1 aromatic carbocycles. The van der Waals surface area contributed by atoms with E-state index in [1.54, 1.807) is 19.0 Å². The van der Waals surface area contributed by atoms with E-state index in [-0.39, 0.29) is 5.91 Å². The third-order valence-electron chi connectivity index (χ3n) is 7.77. The summed E-state index contributed by atoms with van der Waals surface area (Å²) >= 11 is 0. The van der Waals surface area contributed by atoms with Crippen LogP contribution in [0.25, 0.3) is 22.3 Å². The molecule has 37 heavy (non-hydrogen) atoms. The first-order valence-electron chi connectivity index (χ1n) is 13.0. The zero-order valence-electron chi connectivity index (χ0n) is 22.4. The van der Waals surface area contributed by atoms with Gasteiger partial charge in [-0.2, -0.15) is 0 Å². The smallest absolute Gasteiger partial charge is 0.253 e. The van der Waals surface area contributed by atoms with E-state index in [1.165, 1.54) is 11.3 Å². The van der Waals surface area contributed by atoms with Crippen LogP contribution in [0.1, 0.15) is 47.3 Å². The number of likely N-dealkylation sites (tertiary alicyclic amines) is 1. The van der Waals surface area contributed by atoms with Crippen LogP contribution in [0, 0.1) is 0 Å². The second-order valence-corrected chi connectivity index (χ2v) is 10.3. The SMILES string of the molecule is CNc1ccc(-c2ccnc3c2cc(CN2CC[C@H](c4ccc(C(=O)N(C)C)cc4)C[C@H]2C)n3C)nc1. The Kier molecular flexibility index (Phi) is 6.98. The number of nitrogens with one attached hydrogen (secondary N) is 1. The van der Waals surface area contributed by atoms with E-state index in [1.807, 2.05) is 31.6 Å². The summed E-state index contributed by atoms with van der Waals surface area (Å²) < 4.78 is 2.22. The Bertz CT molecular complexity index is 1390. The van der Waals surface area contributed by atoms with E-state index in [9.17, 15) is 4.79 Å². The minimum absolute atomic E-state index is 0.0492. The average molecular weight is 497 g/mol. The number of benzene rings is 1. The number of pyridine rings is 2. The summed E-state index contributed by atoms with van der Waals surface area (Å²) in [5.74, 6) is 0.565. The number of anilines is 1. The first-order chi connectivity index (χ1) is 17.9. The van der Waals surface area contributed by atoms with Crippen molar-refractivity contribution < 1.29 is 4.79 Å². The monoisotopic (exact) mass is 496 g/mol. The van der Waals surface area contributed by atoms with Crippen LogP contribution in [0.2, 0.25) is 0 Å². The van der Waals surface area contributed by atoms with Crippen molar-refractivity contribution in [2.45, 2.75) is 38.3 Å². The highest BCUT2D eigenvalue weighted by Crippen LogP contribution is 2.34. The van der Waals surface area contributed by atoms with Gasteiger partial charge in [-0.15, -0.1) is 0 Å². The highest BCUT2D eigenvalue weighted by atomic mass is 16.2. The van der Waals surface area contributed by atoms with Gasteiger partial charge in [-0.05, 0) is 74.2 Å². The molecule has 0 radical (unpaired) electrons. The van der Waals surface area contributed by atoms with E-state index >= 15 is 0 Å². The third-order valence-corrected chi connectivity index (χ3v) is 7.77. The molecule has 1 amide bonds. The van der Waals surface area contributed by atoms with E-state index in [0.29, 0.717) is 12.0 Å². The topological polar surface area (TPSA) is 66.3 Å². The minimum Gasteiger partial charge on any atom is -0.387 e. The van der Waals surface area contributed by atoms with Gasteiger partial charge in [0, 0.05) is 69.2 Å². The molecule has 4 heterocycles. The molecule has 7 nitrogen and oxygen atoms in total. The number of rotatable bonds is 6. The summed E-state index contributed by atoms with van der Waals surface area (Å²) in [6.45, 7) is 4.26. The highest BCUT2D eigenvalue weighted by Gasteiger charge is 2.27. The molecule has 0 spiro atoms. The fourth-order valence-electron chi connectivity index (χ4n) is 5.47. The Morgan fingerprint density at radius 3 is 2.54 bits per heavy atom. The predicted octanol–water partition coefficient (Wildman–Crippen LogP) is 5.15. The molecule has 0 aliphatic carbocycles. The Labute approximate surface area is 219 Å². The molecule has 7 heteroatoms. The third kappa shape index (κ3) is 4.96. The lowest BCUT2D eigenvalue weighted by Gasteiger charge is -2.38. The molecule has 1 aliphatic heterocycles. The summed E-state index contributed by atoms with van der Waals surface area (Å²) in [7, 11) is 7.59. The van der Waals surface area contributed by atoms with Gasteiger partial charge in [-0.25, -0.2) is 4.98 Å². The van der Waals surface area contributed by atoms with Gasteiger partial charge in [-0.3, -0.25) is 14.7 Å². The van der Waals surface area contributed by atoms with Crippen molar-refractivity contribution in [3.8, 4) is 11.3 Å². The van der Waals surface area contributed by atoms with Crippen molar-refractivity contribution in [2.24, 2.45) is 7.05 Å². The number of aromatic nitrogens is 3. The van der Waals surface area contributed by atoms with Crippen molar-refractivity contribution >= 4 is 22.6 Å². The zero-order chi connectivity index (χ0) is 26.1. The van der Waals surface area contributed by atoms with Crippen LogP contribution in [0.15, 0.2) is 60.9 Å². The number of nitrogens with zero attached hydrogens (tertiary/aromatic N) is 5. The summed E-state index contributed by atoms with van der Waals surface area (Å²) in [6, 6.07) is 17.1. The molecule has 5 rings (SSSR count). The Balaban J connectivity index is 1.31. The van der Waals surface area contributed by atoms with Gasteiger partial charge in [0.05, 0.1) is 17.6 Å². The molecular weight excluding hydrogens is 460 g/mol. The van der Waals surface area contributed by atoms with Crippen molar-refractivity contribution in [1.29, 1.82) is 0 Å². The predicted molar refractivity (Wildman–Crippen MR) is 150 cm³/mol. The van der Waals surface area contributed by atoms with Crippen LogP contribution in [-0.2, 0) is 13.6 Å². The fourth-order valence-corrected chi connectivity index (χ4v) is 5.47. The second kappa shape index (κ2) is 10.3. The minimum atomic E-state index is 0.0492. The summed E-state index contributed by atoms with van der Waals surface area (Å²) in [4.78, 5) is 25.8. The Morgan fingerprint density at radius 1 is 1.11 bits per heavy atom. The number of fused-ring (bicyclic) bond motifs is 1. The maximum atomic E-state index is 12.2. The molecule has 3 aromatic heterocycles. The highest BCUT2D eigenvalue weighted by molar-refractivity contribution is 5.94. The lowest BCUT2D eigenvalue weighted by atomic mass is 9.85. The number of amides is 1. The number of aryl methyl sites for hydroxylation is 1. The molecule has 1 fully saturated rings. The summed E-state index contributed by atoms with van der Waals surface area (Å²) in [6.07, 6.45) is 5.96. The Hall–Kier alpha value is -3.71. The standard InChI is InChI=1S/C30H36N6O/c1-20-16-23(21-6-8-22(9-7-21)30(37)34(3)4)13-15-36(20)19-25-17-27-26(12-14-32-29(27)35(25)5)28-11-10-24(31-2)18-33-28/h6-12,14,17-18,20,23,31H,13,15-16,19H2,1-5H3/t20-,23+/m1/s1. The maximum absolute atomic E-state index is 12.2. The van der Waals surface area contributed by atoms with Crippen LogP contribution < -0.4 is 5.32 Å². The van der Waals surface area contributed by atoms with E-state index in [0.717, 1.165) is 59.5 Å². The van der Waals surface area contributed by atoms with Crippen LogP contribution in [-0.4, -0.2) is 64.0 Å². The molecule has 1 N–H and O–H groups in total. The van der Waals surface area contributed by atoms with E-state index in [2.05, 4.69) is 70.1 Å². The molecule has 0 bridgehead atoms. The van der Waals surface area contributed by atoms with E-state index in [4.69, 9.17) is 4.98 Å². The van der Waals surface area contributed by atoms with Gasteiger partial charge in [0.25, 0.3) is 5.91 Å². The number of hydrogen-bond donors (Lipinski definition) is 1. The molecule has 0 saturated carbocycles. The van der Waals surface area contributed by atoms with Crippen LogP contribution in [0.3, 0.4) is 0 Å². The van der Waals surface area contributed by atoms with Crippen LogP contribution in [0.5, 0.6) is 0 Å². The van der Waals surface area contributed by atoms with Gasteiger partial charge >= 0.3 is 0 Å². The van der Waals surface area contributed by atoms with Crippen molar-refractivity contribution in [1.82, 2.24) is 24.3 Å². The normalized spacial score (nSPS) is 18.2. The van der Waals surface area contributed by atoms with Crippen molar-refractivity contribution in [2.75, 3.05) is 33.0 Å². The Morgan fingerprint density at radius 2 is 1.89 bits per heavy atom. The first-order valence-corrected chi connectivity index (χ1v) is 13.0. The molecule has 1 aliphatic rings. The van der Waals surface area contributed by atoms with Crippen molar-refractivity contribution in [3.63, 3.8) is 0 Å². The molecule has 1 saturated heterocycles. The molecular formula is C30H36N6O. The summed E-state index contributed by atoms with van der Waals surface area (Å²) in [5.41, 5.74) is 7.39. The van der Waals surface area contributed by atoms with Gasteiger partial charge in [0.2, 0.25) is 0 Å². The molecule has 192 valence electrons.